The minimum absolute atomic E-state index is 0.589. The Hall–Kier alpha value is -0.950. The van der Waals surface area contributed by atoms with Crippen molar-refractivity contribution >= 4 is 17.3 Å². The summed E-state index contributed by atoms with van der Waals surface area (Å²) in [6, 6.07) is 8.63. The highest BCUT2D eigenvalue weighted by Gasteiger charge is 2.23. The summed E-state index contributed by atoms with van der Waals surface area (Å²) in [4.78, 5) is 2.33. The van der Waals surface area contributed by atoms with Gasteiger partial charge in [-0.25, -0.2) is 0 Å². The first kappa shape index (κ1) is 10.6. The quantitative estimate of drug-likeness (QED) is 0.727. The van der Waals surface area contributed by atoms with Crippen LogP contribution in [0.1, 0.15) is 20.3 Å². The highest BCUT2D eigenvalue weighted by atomic mass is 35.5. The molecule has 0 fully saturated rings. The van der Waals surface area contributed by atoms with Crippen LogP contribution < -0.4 is 4.90 Å². The van der Waals surface area contributed by atoms with Gasteiger partial charge in [-0.3, -0.25) is 0 Å². The van der Waals surface area contributed by atoms with Gasteiger partial charge in [-0.1, -0.05) is 31.5 Å². The number of halogens is 1. The van der Waals surface area contributed by atoms with E-state index < -0.39 is 0 Å². The van der Waals surface area contributed by atoms with Crippen molar-refractivity contribution in [1.29, 1.82) is 0 Å². The highest BCUT2D eigenvalue weighted by Crippen LogP contribution is 2.28. The molecule has 1 unspecified atom stereocenters. The fraction of sp³-hybridized carbons (Fsp3) is 0.385. The van der Waals surface area contributed by atoms with Gasteiger partial charge in [0.05, 0.1) is 0 Å². The van der Waals surface area contributed by atoms with Crippen molar-refractivity contribution in [3.63, 3.8) is 0 Å². The van der Waals surface area contributed by atoms with Gasteiger partial charge in [-0.05, 0) is 36.6 Å². The Labute approximate surface area is 96.4 Å². The predicted molar refractivity (Wildman–Crippen MR) is 66.3 cm³/mol. The molecule has 1 aliphatic rings. The Balaban J connectivity index is 2.22. The van der Waals surface area contributed by atoms with E-state index in [1.54, 1.807) is 0 Å². The second-order valence-corrected chi connectivity index (χ2v) is 4.75. The Morgan fingerprint density at radius 3 is 2.53 bits per heavy atom. The molecule has 1 aromatic rings. The lowest BCUT2D eigenvalue weighted by atomic mass is 10.0. The molecule has 15 heavy (non-hydrogen) atoms. The summed E-state index contributed by atoms with van der Waals surface area (Å²) in [5.41, 5.74) is 1.23. The number of hydrogen-bond donors (Lipinski definition) is 0. The maximum Gasteiger partial charge on any atom is 0.0409 e. The zero-order valence-corrected chi connectivity index (χ0v) is 9.91. The molecule has 0 bridgehead atoms. The van der Waals surface area contributed by atoms with Gasteiger partial charge in [0.2, 0.25) is 0 Å². The minimum Gasteiger partial charge on any atom is -0.345 e. The van der Waals surface area contributed by atoms with Gasteiger partial charge in [-0.15, -0.1) is 0 Å². The summed E-state index contributed by atoms with van der Waals surface area (Å²) in [6.45, 7) is 4.53. The van der Waals surface area contributed by atoms with E-state index in [9.17, 15) is 0 Å². The van der Waals surface area contributed by atoms with E-state index in [1.165, 1.54) is 5.69 Å². The standard InChI is InChI=1S/C13H16ClN/c1-10(2)13-4-3-9-15(13)12-7-5-11(14)6-8-12/h3,5-10,13H,4H2,1-2H3. The predicted octanol–water partition coefficient (Wildman–Crippen LogP) is 4.09. The van der Waals surface area contributed by atoms with Crippen molar-refractivity contribution in [2.45, 2.75) is 26.3 Å². The van der Waals surface area contributed by atoms with Crippen molar-refractivity contribution < 1.29 is 0 Å². The van der Waals surface area contributed by atoms with Crippen molar-refractivity contribution in [1.82, 2.24) is 0 Å². The maximum atomic E-state index is 5.88. The van der Waals surface area contributed by atoms with Crippen LogP contribution in [0.5, 0.6) is 0 Å². The fourth-order valence-corrected chi connectivity index (χ4v) is 2.15. The molecule has 0 radical (unpaired) electrons. The molecule has 2 rings (SSSR count). The SMILES string of the molecule is CC(C)C1CC=CN1c1ccc(Cl)cc1. The topological polar surface area (TPSA) is 3.24 Å². The normalized spacial score (nSPS) is 20.3. The van der Waals surface area contributed by atoms with E-state index in [1.807, 2.05) is 12.1 Å². The van der Waals surface area contributed by atoms with Crippen LogP contribution in [0.3, 0.4) is 0 Å². The summed E-state index contributed by atoms with van der Waals surface area (Å²) in [7, 11) is 0. The number of rotatable bonds is 2. The minimum atomic E-state index is 0.589. The molecule has 1 atom stereocenters. The molecule has 80 valence electrons. The summed E-state index contributed by atoms with van der Waals surface area (Å²) < 4.78 is 0. The van der Waals surface area contributed by atoms with Gasteiger partial charge in [0, 0.05) is 23.0 Å². The van der Waals surface area contributed by atoms with Gasteiger partial charge in [0.1, 0.15) is 0 Å². The first-order valence-corrected chi connectivity index (χ1v) is 5.77. The van der Waals surface area contributed by atoms with E-state index in [0.29, 0.717) is 12.0 Å². The third-order valence-corrected chi connectivity index (χ3v) is 3.15. The molecule has 0 spiro atoms. The second kappa shape index (κ2) is 4.28. The third kappa shape index (κ3) is 2.18. The molecular formula is C13H16ClN. The van der Waals surface area contributed by atoms with Crippen LogP contribution in [0.25, 0.3) is 0 Å². The fourth-order valence-electron chi connectivity index (χ4n) is 2.02. The van der Waals surface area contributed by atoms with Crippen LogP contribution in [-0.4, -0.2) is 6.04 Å². The molecular weight excluding hydrogens is 206 g/mol. The van der Waals surface area contributed by atoms with Gasteiger partial charge in [0.15, 0.2) is 0 Å². The first-order valence-electron chi connectivity index (χ1n) is 5.39. The summed E-state index contributed by atoms with van der Waals surface area (Å²) in [6.07, 6.45) is 5.55. The molecule has 1 nitrogen and oxygen atoms in total. The molecule has 1 aromatic carbocycles. The van der Waals surface area contributed by atoms with Crippen LogP contribution in [-0.2, 0) is 0 Å². The second-order valence-electron chi connectivity index (χ2n) is 4.32. The van der Waals surface area contributed by atoms with Crippen LogP contribution >= 0.6 is 11.6 Å². The van der Waals surface area contributed by atoms with E-state index in [2.05, 4.69) is 43.2 Å². The molecule has 1 heterocycles. The van der Waals surface area contributed by atoms with Gasteiger partial charge in [0.25, 0.3) is 0 Å². The van der Waals surface area contributed by atoms with Gasteiger partial charge in [-0.2, -0.15) is 0 Å². The first-order chi connectivity index (χ1) is 7.18. The Kier molecular flexibility index (Phi) is 3.01. The Morgan fingerprint density at radius 2 is 1.93 bits per heavy atom. The molecule has 1 aliphatic heterocycles. The lowest BCUT2D eigenvalue weighted by Gasteiger charge is -2.28. The van der Waals surface area contributed by atoms with Gasteiger partial charge < -0.3 is 4.90 Å². The van der Waals surface area contributed by atoms with Gasteiger partial charge >= 0.3 is 0 Å². The number of benzene rings is 1. The van der Waals surface area contributed by atoms with E-state index >= 15 is 0 Å². The zero-order valence-electron chi connectivity index (χ0n) is 9.15. The van der Waals surface area contributed by atoms with Crippen LogP contribution in [0.4, 0.5) is 5.69 Å². The van der Waals surface area contributed by atoms with E-state index in [0.717, 1.165) is 11.4 Å². The Morgan fingerprint density at radius 1 is 1.27 bits per heavy atom. The van der Waals surface area contributed by atoms with Crippen LogP contribution in [0.15, 0.2) is 36.5 Å². The average molecular weight is 222 g/mol. The summed E-state index contributed by atoms with van der Waals surface area (Å²) in [5.74, 6) is 0.663. The summed E-state index contributed by atoms with van der Waals surface area (Å²) in [5, 5.41) is 0.794. The van der Waals surface area contributed by atoms with Crippen molar-refractivity contribution in [2.75, 3.05) is 4.90 Å². The van der Waals surface area contributed by atoms with E-state index in [-0.39, 0.29) is 0 Å². The number of hydrogen-bond acceptors (Lipinski definition) is 1. The number of anilines is 1. The zero-order chi connectivity index (χ0) is 10.8. The Bertz CT molecular complexity index is 353. The summed E-state index contributed by atoms with van der Waals surface area (Å²) >= 11 is 5.88. The third-order valence-electron chi connectivity index (χ3n) is 2.90. The molecule has 0 N–H and O–H groups in total. The van der Waals surface area contributed by atoms with Crippen molar-refractivity contribution in [2.24, 2.45) is 5.92 Å². The average Bonchev–Trinajstić information content (AvgIpc) is 2.67. The maximum absolute atomic E-state index is 5.88. The molecule has 0 amide bonds. The van der Waals surface area contributed by atoms with Crippen LogP contribution in [0, 0.1) is 5.92 Å². The smallest absolute Gasteiger partial charge is 0.0409 e. The molecule has 2 heteroatoms. The molecule has 0 aromatic heterocycles. The van der Waals surface area contributed by atoms with Crippen molar-refractivity contribution in [3.05, 3.63) is 41.6 Å². The monoisotopic (exact) mass is 221 g/mol. The lowest BCUT2D eigenvalue weighted by molar-refractivity contribution is 0.502. The lowest BCUT2D eigenvalue weighted by Crippen LogP contribution is -2.31. The highest BCUT2D eigenvalue weighted by molar-refractivity contribution is 6.30. The molecule has 0 saturated carbocycles. The van der Waals surface area contributed by atoms with Crippen LogP contribution in [0.2, 0.25) is 5.02 Å². The number of nitrogens with zero attached hydrogens (tertiary/aromatic N) is 1. The van der Waals surface area contributed by atoms with Crippen molar-refractivity contribution in [3.8, 4) is 0 Å². The molecule has 0 saturated heterocycles. The van der Waals surface area contributed by atoms with E-state index in [4.69, 9.17) is 11.6 Å². The molecule has 0 aliphatic carbocycles. The largest absolute Gasteiger partial charge is 0.345 e.